The van der Waals surface area contributed by atoms with Crippen LogP contribution in [0.1, 0.15) is 23.8 Å². The fraction of sp³-hybridized carbons (Fsp3) is 0.214. The molecule has 3 aromatic rings. The number of rotatable bonds is 2. The lowest BCUT2D eigenvalue weighted by Crippen LogP contribution is -1.80. The number of halogens is 1. The van der Waals surface area contributed by atoms with E-state index in [-0.39, 0.29) is 5.38 Å². The van der Waals surface area contributed by atoms with E-state index < -0.39 is 0 Å². The Morgan fingerprint density at radius 2 is 2.00 bits per heavy atom. The smallest absolute Gasteiger partial charge is 0.212 e. The van der Waals surface area contributed by atoms with Crippen molar-refractivity contribution >= 4 is 22.6 Å². The summed E-state index contributed by atoms with van der Waals surface area (Å²) in [7, 11) is 0. The van der Waals surface area contributed by atoms with Crippen LogP contribution < -0.4 is 0 Å². The summed E-state index contributed by atoms with van der Waals surface area (Å²) in [5.74, 6) is 1.78. The van der Waals surface area contributed by atoms with Crippen LogP contribution in [0.5, 0.6) is 0 Å². The number of nitrogens with zero attached hydrogens (tertiary/aromatic N) is 1. The van der Waals surface area contributed by atoms with Gasteiger partial charge in [0.1, 0.15) is 11.0 Å². The van der Waals surface area contributed by atoms with Crippen LogP contribution in [0.3, 0.4) is 0 Å². The SMILES string of the molecule is Cc1ccc2oc(-c3cnc(C(C)Cl)o3)cc2c1. The van der Waals surface area contributed by atoms with Gasteiger partial charge in [0.15, 0.2) is 11.5 Å². The molecule has 2 aromatic heterocycles. The molecule has 92 valence electrons. The van der Waals surface area contributed by atoms with Crippen molar-refractivity contribution in [3.63, 3.8) is 0 Å². The van der Waals surface area contributed by atoms with E-state index >= 15 is 0 Å². The second-order valence-corrected chi connectivity index (χ2v) is 4.99. The summed E-state index contributed by atoms with van der Waals surface area (Å²) >= 11 is 5.92. The fourth-order valence-electron chi connectivity index (χ4n) is 1.87. The van der Waals surface area contributed by atoms with Crippen molar-refractivity contribution in [2.24, 2.45) is 0 Å². The quantitative estimate of drug-likeness (QED) is 0.628. The molecule has 0 N–H and O–H groups in total. The standard InChI is InChI=1S/C14H12ClNO2/c1-8-3-4-11-10(5-8)6-12(17-11)13-7-16-14(18-13)9(2)15/h3-7,9H,1-2H3. The average Bonchev–Trinajstić information content (AvgIpc) is 2.93. The van der Waals surface area contributed by atoms with Crippen LogP contribution in [-0.2, 0) is 0 Å². The summed E-state index contributed by atoms with van der Waals surface area (Å²) < 4.78 is 11.3. The first-order valence-electron chi connectivity index (χ1n) is 5.74. The number of furan rings is 1. The minimum Gasteiger partial charge on any atom is -0.453 e. The van der Waals surface area contributed by atoms with Gasteiger partial charge < -0.3 is 8.83 Å². The molecule has 0 spiro atoms. The maximum absolute atomic E-state index is 5.92. The third kappa shape index (κ3) is 1.91. The molecule has 0 fully saturated rings. The van der Waals surface area contributed by atoms with Gasteiger partial charge in [0, 0.05) is 5.39 Å². The van der Waals surface area contributed by atoms with Crippen LogP contribution in [0.25, 0.3) is 22.5 Å². The zero-order valence-corrected chi connectivity index (χ0v) is 10.9. The molecule has 1 atom stereocenters. The molecule has 1 aromatic carbocycles. The highest BCUT2D eigenvalue weighted by molar-refractivity contribution is 6.20. The van der Waals surface area contributed by atoms with Crippen molar-refractivity contribution in [3.05, 3.63) is 41.9 Å². The van der Waals surface area contributed by atoms with E-state index in [0.717, 1.165) is 11.0 Å². The van der Waals surface area contributed by atoms with Crippen LogP contribution in [-0.4, -0.2) is 4.98 Å². The molecule has 2 heterocycles. The molecule has 0 aliphatic heterocycles. The van der Waals surface area contributed by atoms with Gasteiger partial charge in [-0.15, -0.1) is 11.6 Å². The Bertz CT molecular complexity index is 697. The molecule has 0 saturated carbocycles. The van der Waals surface area contributed by atoms with E-state index in [0.29, 0.717) is 17.4 Å². The van der Waals surface area contributed by atoms with Gasteiger partial charge in [0.05, 0.1) is 6.20 Å². The number of fused-ring (bicyclic) bond motifs is 1. The highest BCUT2D eigenvalue weighted by atomic mass is 35.5. The van der Waals surface area contributed by atoms with E-state index in [9.17, 15) is 0 Å². The zero-order valence-electron chi connectivity index (χ0n) is 10.1. The predicted molar refractivity (Wildman–Crippen MR) is 70.7 cm³/mol. The maximum atomic E-state index is 5.92. The summed E-state index contributed by atoms with van der Waals surface area (Å²) in [4.78, 5) is 4.12. The average molecular weight is 262 g/mol. The second kappa shape index (κ2) is 4.18. The predicted octanol–water partition coefficient (Wildman–Crippen LogP) is 4.70. The number of alkyl halides is 1. The first-order chi connectivity index (χ1) is 8.63. The van der Waals surface area contributed by atoms with Crippen LogP contribution in [0.4, 0.5) is 0 Å². The van der Waals surface area contributed by atoms with E-state index in [1.165, 1.54) is 5.56 Å². The van der Waals surface area contributed by atoms with E-state index in [1.54, 1.807) is 6.20 Å². The van der Waals surface area contributed by atoms with Crippen LogP contribution >= 0.6 is 11.6 Å². The molecule has 3 rings (SSSR count). The molecule has 0 saturated heterocycles. The van der Waals surface area contributed by atoms with Crippen molar-refractivity contribution in [3.8, 4) is 11.5 Å². The Hall–Kier alpha value is -1.74. The maximum Gasteiger partial charge on any atom is 0.212 e. The molecule has 0 amide bonds. The molecule has 4 heteroatoms. The van der Waals surface area contributed by atoms with Crippen molar-refractivity contribution in [1.82, 2.24) is 4.98 Å². The van der Waals surface area contributed by atoms with Crippen molar-refractivity contribution in [2.45, 2.75) is 19.2 Å². The molecule has 1 unspecified atom stereocenters. The Morgan fingerprint density at radius 3 is 2.72 bits per heavy atom. The van der Waals surface area contributed by atoms with Crippen LogP contribution in [0.15, 0.2) is 39.3 Å². The monoisotopic (exact) mass is 261 g/mol. The van der Waals surface area contributed by atoms with Crippen molar-refractivity contribution in [2.75, 3.05) is 0 Å². The molecule has 0 aliphatic carbocycles. The summed E-state index contributed by atoms with van der Waals surface area (Å²) in [5, 5.41) is 0.812. The fourth-order valence-corrected chi connectivity index (χ4v) is 1.97. The van der Waals surface area contributed by atoms with Gasteiger partial charge >= 0.3 is 0 Å². The van der Waals surface area contributed by atoms with Gasteiger partial charge in [-0.1, -0.05) is 11.6 Å². The minimum absolute atomic E-state index is 0.245. The molecule has 0 bridgehead atoms. The van der Waals surface area contributed by atoms with Crippen LogP contribution in [0.2, 0.25) is 0 Å². The molecule has 3 nitrogen and oxygen atoms in total. The van der Waals surface area contributed by atoms with E-state index in [4.69, 9.17) is 20.4 Å². The van der Waals surface area contributed by atoms with E-state index in [1.807, 2.05) is 32.0 Å². The van der Waals surface area contributed by atoms with Crippen molar-refractivity contribution < 1.29 is 8.83 Å². The lowest BCUT2D eigenvalue weighted by atomic mass is 10.2. The minimum atomic E-state index is -0.245. The van der Waals surface area contributed by atoms with Gasteiger partial charge in [-0.25, -0.2) is 4.98 Å². The summed E-state index contributed by atoms with van der Waals surface area (Å²) in [6.45, 7) is 3.87. The first-order valence-corrected chi connectivity index (χ1v) is 6.17. The number of aryl methyl sites for hydroxylation is 1. The van der Waals surface area contributed by atoms with E-state index in [2.05, 4.69) is 11.1 Å². The Kier molecular flexibility index (Phi) is 2.63. The normalized spacial score (nSPS) is 13.1. The van der Waals surface area contributed by atoms with Gasteiger partial charge in [0.25, 0.3) is 0 Å². The molecule has 0 radical (unpaired) electrons. The Morgan fingerprint density at radius 1 is 1.17 bits per heavy atom. The summed E-state index contributed by atoms with van der Waals surface area (Å²) in [6, 6.07) is 7.99. The number of aromatic nitrogens is 1. The van der Waals surface area contributed by atoms with Crippen LogP contribution in [0, 0.1) is 6.92 Å². The molecular weight excluding hydrogens is 250 g/mol. The zero-order chi connectivity index (χ0) is 12.7. The lowest BCUT2D eigenvalue weighted by molar-refractivity contribution is 0.490. The Balaban J connectivity index is 2.07. The Labute approximate surface area is 109 Å². The number of benzene rings is 1. The third-order valence-electron chi connectivity index (χ3n) is 2.78. The van der Waals surface area contributed by atoms with Gasteiger partial charge in [0.2, 0.25) is 5.89 Å². The molecule has 18 heavy (non-hydrogen) atoms. The lowest BCUT2D eigenvalue weighted by Gasteiger charge is -1.93. The number of hydrogen-bond acceptors (Lipinski definition) is 3. The summed E-state index contributed by atoms with van der Waals surface area (Å²) in [6.07, 6.45) is 1.64. The first kappa shape index (κ1) is 11.4. The summed E-state index contributed by atoms with van der Waals surface area (Å²) in [5.41, 5.74) is 2.04. The number of oxazole rings is 1. The molecule has 0 aliphatic rings. The second-order valence-electron chi connectivity index (χ2n) is 4.33. The highest BCUT2D eigenvalue weighted by Crippen LogP contribution is 2.30. The largest absolute Gasteiger partial charge is 0.453 e. The highest BCUT2D eigenvalue weighted by Gasteiger charge is 2.14. The number of hydrogen-bond donors (Lipinski definition) is 0. The van der Waals surface area contributed by atoms with Gasteiger partial charge in [-0.3, -0.25) is 0 Å². The van der Waals surface area contributed by atoms with Gasteiger partial charge in [-0.2, -0.15) is 0 Å². The van der Waals surface area contributed by atoms with Crippen molar-refractivity contribution in [1.29, 1.82) is 0 Å². The topological polar surface area (TPSA) is 39.2 Å². The molecular formula is C14H12ClNO2. The third-order valence-corrected chi connectivity index (χ3v) is 2.97. The van der Waals surface area contributed by atoms with Gasteiger partial charge in [-0.05, 0) is 32.0 Å².